The zero-order valence-corrected chi connectivity index (χ0v) is 12.5. The quantitative estimate of drug-likeness (QED) is 0.658. The first-order chi connectivity index (χ1) is 5.34. The second-order valence-electron chi connectivity index (χ2n) is 2.07. The number of hydrogen-bond acceptors (Lipinski definition) is 4. The molecule has 0 N–H and O–H groups in total. The molecule has 0 unspecified atom stereocenters. The predicted molar refractivity (Wildman–Crippen MR) is 46.9 cm³/mol. The van der Waals surface area contributed by atoms with E-state index < -0.39 is 22.1 Å². The van der Waals surface area contributed by atoms with Crippen LogP contribution in [0, 0.1) is 0 Å². The van der Waals surface area contributed by atoms with Gasteiger partial charge in [-0.2, -0.15) is 0 Å². The molecule has 0 radical (unpaired) electrons. The Morgan fingerprint density at radius 2 is 1.15 bits per heavy atom. The number of rotatable bonds is 2. The van der Waals surface area contributed by atoms with Crippen LogP contribution in [0.1, 0.15) is 13.8 Å². The van der Waals surface area contributed by atoms with E-state index in [1.165, 1.54) is 0 Å². The van der Waals surface area contributed by atoms with Crippen molar-refractivity contribution in [2.24, 2.45) is 0 Å². The minimum atomic E-state index is -6.53. The predicted octanol–water partition coefficient (Wildman–Crippen LogP) is 2.78. The molecule has 0 heterocycles. The van der Waals surface area contributed by atoms with Crippen molar-refractivity contribution in [2.75, 3.05) is 0 Å². The van der Waals surface area contributed by atoms with Crippen molar-refractivity contribution in [3.8, 4) is 0 Å². The Morgan fingerprint density at radius 1 is 0.923 bits per heavy atom. The van der Waals surface area contributed by atoms with E-state index in [1.807, 2.05) is 0 Å². The normalized spacial score (nSPS) is 16.8. The minimum absolute atomic E-state index is 0.937. The summed E-state index contributed by atoms with van der Waals surface area (Å²) in [4.78, 5) is 21.1. The van der Waals surface area contributed by atoms with Crippen LogP contribution in [0.3, 0.4) is 0 Å². The van der Waals surface area contributed by atoms with E-state index in [0.717, 1.165) is 13.8 Å². The summed E-state index contributed by atoms with van der Waals surface area (Å²) in [6.45, 7) is 1.96. The van der Waals surface area contributed by atoms with E-state index in [4.69, 9.17) is 37.7 Å². The van der Waals surface area contributed by atoms with Gasteiger partial charge in [-0.1, -0.05) is 0 Å². The summed E-state index contributed by atoms with van der Waals surface area (Å²) in [6.07, 6.45) is 0. The van der Waals surface area contributed by atoms with Crippen molar-refractivity contribution in [1.82, 2.24) is 0 Å². The van der Waals surface area contributed by atoms with Gasteiger partial charge in [-0.15, -0.1) is 0 Å². The van der Waals surface area contributed by atoms with Crippen LogP contribution in [0.2, 0.25) is 0 Å². The van der Waals surface area contributed by atoms with Crippen LogP contribution in [-0.4, -0.2) is 11.9 Å². The fraction of sp³-hybridized carbons (Fsp3) is 0.500. The van der Waals surface area contributed by atoms with Crippen molar-refractivity contribution in [3.05, 3.63) is 0 Å². The molecule has 0 rings (SSSR count). The van der Waals surface area contributed by atoms with Crippen LogP contribution in [0.4, 0.5) is 0 Å². The van der Waals surface area contributed by atoms with Gasteiger partial charge in [-0.3, -0.25) is 0 Å². The maximum absolute atomic E-state index is 10.6. The molecule has 0 saturated heterocycles. The SMILES string of the molecule is CC(=O)[O][W]([Cl])([Cl])([Cl])([Cl])[O]C(C)=O. The van der Waals surface area contributed by atoms with Gasteiger partial charge in [0.05, 0.1) is 0 Å². The average molecular weight is 444 g/mol. The van der Waals surface area contributed by atoms with Gasteiger partial charge in [0.2, 0.25) is 0 Å². The first-order valence-electron chi connectivity index (χ1n) is 2.77. The average Bonchev–Trinajstić information content (AvgIpc) is 1.47. The standard InChI is InChI=1S/2C2H4O2.4ClH.W/c2*1-2(3)4;;;;;/h2*1H3,(H,3,4);4*1H;/q;;;;;;+6/p-6. The Morgan fingerprint density at radius 3 is 1.31 bits per heavy atom. The van der Waals surface area contributed by atoms with Crippen LogP contribution in [0.25, 0.3) is 0 Å². The molecule has 0 aliphatic heterocycles. The third-order valence-corrected chi connectivity index (χ3v) is 8.67. The molecule has 0 aromatic rings. The Kier molecular flexibility index (Phi) is 3.33. The summed E-state index contributed by atoms with van der Waals surface area (Å²) in [7, 11) is 15.3. The number of carbonyl (C=O) groups is 2. The van der Waals surface area contributed by atoms with Crippen molar-refractivity contribution in [3.63, 3.8) is 0 Å². The molecule has 0 saturated carbocycles. The molecule has 9 heteroatoms. The molecule has 13 heavy (non-hydrogen) atoms. The second-order valence-corrected chi connectivity index (χ2v) is 41.1. The van der Waals surface area contributed by atoms with E-state index in [2.05, 4.69) is 6.78 Å². The Hall–Kier alpha value is 0.788. The molecule has 0 fully saturated rings. The summed E-state index contributed by atoms with van der Waals surface area (Å²) in [5.74, 6) is -1.87. The van der Waals surface area contributed by atoms with Crippen LogP contribution in [-0.2, 0) is 26.5 Å². The van der Waals surface area contributed by atoms with E-state index in [0.29, 0.717) is 0 Å². The topological polar surface area (TPSA) is 52.6 Å². The van der Waals surface area contributed by atoms with Gasteiger partial charge in [-0.25, -0.2) is 0 Å². The maximum atomic E-state index is 10.6. The van der Waals surface area contributed by atoms with E-state index >= 15 is 0 Å². The van der Waals surface area contributed by atoms with E-state index in [1.54, 1.807) is 0 Å². The van der Waals surface area contributed by atoms with Crippen LogP contribution >= 0.6 is 37.7 Å². The zero-order valence-electron chi connectivity index (χ0n) is 6.55. The van der Waals surface area contributed by atoms with Crippen molar-refractivity contribution < 1.29 is 26.5 Å². The number of halogens is 4. The van der Waals surface area contributed by atoms with Gasteiger partial charge in [0.25, 0.3) is 0 Å². The third kappa shape index (κ3) is 6.81. The molecular weight excluding hydrogens is 438 g/mol. The van der Waals surface area contributed by atoms with E-state index in [-0.39, 0.29) is 0 Å². The molecule has 0 aliphatic carbocycles. The molecule has 0 aromatic carbocycles. The van der Waals surface area contributed by atoms with E-state index in [9.17, 15) is 9.59 Å². The third-order valence-electron chi connectivity index (χ3n) is 0.555. The summed E-state index contributed by atoms with van der Waals surface area (Å²) >= 11 is 0. The van der Waals surface area contributed by atoms with Gasteiger partial charge in [0.1, 0.15) is 0 Å². The molecule has 4 nitrogen and oxygen atoms in total. The summed E-state index contributed by atoms with van der Waals surface area (Å²) < 4.78 is 8.61. The molecule has 0 aliphatic rings. The Balaban J connectivity index is 5.00. The first-order valence-corrected chi connectivity index (χ1v) is 19.7. The van der Waals surface area contributed by atoms with Gasteiger partial charge in [0, 0.05) is 0 Å². The van der Waals surface area contributed by atoms with Crippen LogP contribution < -0.4 is 0 Å². The van der Waals surface area contributed by atoms with Gasteiger partial charge >= 0.3 is 90.0 Å². The van der Waals surface area contributed by atoms with Crippen LogP contribution in [0.5, 0.6) is 0 Å². The zero-order chi connectivity index (χ0) is 11.0. The Bertz CT molecular complexity index is 244. The van der Waals surface area contributed by atoms with Gasteiger partial charge in [0.15, 0.2) is 0 Å². The number of carbonyl (C=O) groups excluding carboxylic acids is 2. The van der Waals surface area contributed by atoms with Crippen molar-refractivity contribution in [2.45, 2.75) is 13.8 Å². The molecule has 0 amide bonds. The summed E-state index contributed by atoms with van der Waals surface area (Å²) in [6, 6.07) is 0. The van der Waals surface area contributed by atoms with Gasteiger partial charge in [-0.05, 0) is 0 Å². The molecule has 0 atom stereocenters. The molecule has 0 bridgehead atoms. The van der Waals surface area contributed by atoms with Gasteiger partial charge < -0.3 is 0 Å². The fourth-order valence-corrected chi connectivity index (χ4v) is 9.64. The van der Waals surface area contributed by atoms with Crippen LogP contribution in [0.15, 0.2) is 0 Å². The molecule has 0 spiro atoms. The Labute approximate surface area is 89.5 Å². The first kappa shape index (κ1) is 13.8. The fourth-order valence-electron chi connectivity index (χ4n) is 0.468. The summed E-state index contributed by atoms with van der Waals surface area (Å²) in [5, 5.41) is 0. The molecule has 0 aromatic heterocycles. The second kappa shape index (κ2) is 3.14. The molecular formula is C4H6Cl4O4W. The van der Waals surface area contributed by atoms with Crippen molar-refractivity contribution in [1.29, 1.82) is 0 Å². The van der Waals surface area contributed by atoms with Crippen molar-refractivity contribution >= 4 is 49.6 Å². The monoisotopic (exact) mass is 442 g/mol. The summed E-state index contributed by atoms with van der Waals surface area (Å²) in [5.41, 5.74) is 0. The molecule has 80 valence electrons. The number of hydrogen-bond donors (Lipinski definition) is 0.